The molecular formula is C55H46N2. The molecule has 0 radical (unpaired) electrons. The van der Waals surface area contributed by atoms with E-state index in [0.717, 1.165) is 39.7 Å². The predicted octanol–water partition coefficient (Wildman–Crippen LogP) is 15.4. The number of para-hydroxylation sites is 1. The number of nitrogens with zero attached hydrogens (tertiary/aromatic N) is 2. The molecule has 9 rings (SSSR count). The van der Waals surface area contributed by atoms with E-state index in [1.807, 2.05) is 0 Å². The third-order valence-electron chi connectivity index (χ3n) is 11.4. The third-order valence-corrected chi connectivity index (χ3v) is 11.4. The maximum atomic E-state index is 2.34. The fourth-order valence-electron chi connectivity index (χ4n) is 8.23. The van der Waals surface area contributed by atoms with E-state index in [1.54, 1.807) is 0 Å². The number of hydrogen-bond donors (Lipinski definition) is 0. The average Bonchev–Trinajstić information content (AvgIpc) is 3.48. The smallest absolute Gasteiger partial charge is 0.0462 e. The largest absolute Gasteiger partial charge is 0.311 e. The summed E-state index contributed by atoms with van der Waals surface area (Å²) >= 11 is 0. The topological polar surface area (TPSA) is 6.48 Å². The lowest BCUT2D eigenvalue weighted by Gasteiger charge is -2.26. The molecule has 0 bridgehead atoms. The van der Waals surface area contributed by atoms with Gasteiger partial charge in [-0.15, -0.1) is 0 Å². The van der Waals surface area contributed by atoms with Gasteiger partial charge in [0.1, 0.15) is 0 Å². The normalized spacial score (nSPS) is 12.6. The Balaban J connectivity index is 0.971. The number of anilines is 6. The second-order valence-electron chi connectivity index (χ2n) is 15.7. The Kier molecular flexibility index (Phi) is 9.40. The van der Waals surface area contributed by atoms with E-state index in [2.05, 4.69) is 244 Å². The maximum Gasteiger partial charge on any atom is 0.0462 e. The van der Waals surface area contributed by atoms with E-state index in [9.17, 15) is 0 Å². The van der Waals surface area contributed by atoms with Gasteiger partial charge in [0.25, 0.3) is 0 Å². The lowest BCUT2D eigenvalue weighted by molar-refractivity contribution is 0.660. The zero-order valence-electron chi connectivity index (χ0n) is 33.0. The Bertz CT molecular complexity index is 2670. The van der Waals surface area contributed by atoms with Crippen LogP contribution in [0.15, 0.2) is 194 Å². The van der Waals surface area contributed by atoms with Crippen LogP contribution in [0, 0.1) is 13.8 Å². The molecule has 8 aromatic rings. The van der Waals surface area contributed by atoms with E-state index >= 15 is 0 Å². The van der Waals surface area contributed by atoms with Crippen molar-refractivity contribution in [3.05, 3.63) is 228 Å². The summed E-state index contributed by atoms with van der Waals surface area (Å²) in [5.74, 6) is 0. The molecule has 57 heavy (non-hydrogen) atoms. The highest BCUT2D eigenvalue weighted by Crippen LogP contribution is 2.49. The lowest BCUT2D eigenvalue weighted by Crippen LogP contribution is -2.14. The minimum Gasteiger partial charge on any atom is -0.311 e. The Morgan fingerprint density at radius 2 is 0.737 bits per heavy atom. The molecule has 0 fully saturated rings. The predicted molar refractivity (Wildman–Crippen MR) is 244 cm³/mol. The molecule has 0 aliphatic heterocycles. The van der Waals surface area contributed by atoms with Crippen LogP contribution < -0.4 is 9.80 Å². The van der Waals surface area contributed by atoms with Crippen molar-refractivity contribution in [1.29, 1.82) is 0 Å². The summed E-state index contributed by atoms with van der Waals surface area (Å²) in [6.45, 7) is 8.92. The van der Waals surface area contributed by atoms with Crippen molar-refractivity contribution in [2.45, 2.75) is 33.1 Å². The van der Waals surface area contributed by atoms with E-state index in [4.69, 9.17) is 0 Å². The van der Waals surface area contributed by atoms with E-state index in [1.165, 1.54) is 50.1 Å². The lowest BCUT2D eigenvalue weighted by atomic mass is 9.82. The molecule has 0 unspecified atom stereocenters. The van der Waals surface area contributed by atoms with Crippen molar-refractivity contribution >= 4 is 46.3 Å². The van der Waals surface area contributed by atoms with Gasteiger partial charge in [0.15, 0.2) is 0 Å². The maximum absolute atomic E-state index is 2.34. The molecule has 1 aliphatic carbocycles. The van der Waals surface area contributed by atoms with Gasteiger partial charge in [0.2, 0.25) is 0 Å². The van der Waals surface area contributed by atoms with Gasteiger partial charge in [-0.3, -0.25) is 0 Å². The highest BCUT2D eigenvalue weighted by Gasteiger charge is 2.34. The summed E-state index contributed by atoms with van der Waals surface area (Å²) in [7, 11) is 0. The fraction of sp³-hybridized carbons (Fsp3) is 0.0909. The second-order valence-corrected chi connectivity index (χ2v) is 15.7. The average molecular weight is 735 g/mol. The highest BCUT2D eigenvalue weighted by molar-refractivity contribution is 5.85. The zero-order valence-corrected chi connectivity index (χ0v) is 33.0. The highest BCUT2D eigenvalue weighted by atomic mass is 15.1. The number of hydrogen-bond acceptors (Lipinski definition) is 2. The molecule has 2 heteroatoms. The SMILES string of the molecule is Cc1ccc(N(c2ccccc2)c2ccc(-c3ccc(N(c4ccc(C)cc4)c4ccc(/C=C/c5ccc6c(c5)-c5ccccc5C6(C)C)cc4)cc3)cc2)cc1. The first-order valence-electron chi connectivity index (χ1n) is 19.8. The van der Waals surface area contributed by atoms with Crippen molar-refractivity contribution in [2.24, 2.45) is 0 Å². The van der Waals surface area contributed by atoms with Gasteiger partial charge < -0.3 is 9.80 Å². The van der Waals surface area contributed by atoms with Gasteiger partial charge >= 0.3 is 0 Å². The monoisotopic (exact) mass is 734 g/mol. The minimum absolute atomic E-state index is 0.0205. The number of rotatable bonds is 9. The van der Waals surface area contributed by atoms with Crippen LogP contribution in [0.2, 0.25) is 0 Å². The van der Waals surface area contributed by atoms with Crippen LogP contribution in [0.3, 0.4) is 0 Å². The van der Waals surface area contributed by atoms with E-state index < -0.39 is 0 Å². The van der Waals surface area contributed by atoms with Gasteiger partial charge in [-0.25, -0.2) is 0 Å². The summed E-state index contributed by atoms with van der Waals surface area (Å²) in [6.07, 6.45) is 4.45. The summed E-state index contributed by atoms with van der Waals surface area (Å²) in [4.78, 5) is 4.64. The molecule has 1 aliphatic rings. The van der Waals surface area contributed by atoms with Gasteiger partial charge in [0.05, 0.1) is 0 Å². The van der Waals surface area contributed by atoms with Gasteiger partial charge in [-0.05, 0) is 137 Å². The Morgan fingerprint density at radius 1 is 0.351 bits per heavy atom. The van der Waals surface area contributed by atoms with Gasteiger partial charge in [-0.2, -0.15) is 0 Å². The summed E-state index contributed by atoms with van der Waals surface area (Å²) < 4.78 is 0. The third kappa shape index (κ3) is 7.07. The molecular weight excluding hydrogens is 689 g/mol. The second kappa shape index (κ2) is 15.0. The number of benzene rings is 8. The Morgan fingerprint density at radius 3 is 1.26 bits per heavy atom. The first-order valence-corrected chi connectivity index (χ1v) is 19.8. The number of fused-ring (bicyclic) bond motifs is 3. The molecule has 0 atom stereocenters. The standard InChI is InChI=1S/C55H46N2/c1-39-14-27-46(28-15-39)56(45-10-6-5-7-11-45)49-33-23-43(24-34-49)44-25-35-50(36-26-44)57(47-29-16-40(2)17-30-47)48-31-20-41(21-32-48)18-19-42-22-37-54-52(38-42)51-12-8-9-13-53(51)55(54,3)4/h5-38H,1-4H3/b19-18+. The van der Waals surface area contributed by atoms with Gasteiger partial charge in [0, 0.05) is 39.5 Å². The Hall–Kier alpha value is -6.90. The van der Waals surface area contributed by atoms with Crippen molar-refractivity contribution in [1.82, 2.24) is 0 Å². The fourth-order valence-corrected chi connectivity index (χ4v) is 8.23. The molecule has 276 valence electrons. The van der Waals surface area contributed by atoms with Crippen LogP contribution in [-0.4, -0.2) is 0 Å². The molecule has 2 nitrogen and oxygen atoms in total. The molecule has 0 heterocycles. The van der Waals surface area contributed by atoms with Crippen LogP contribution in [0.4, 0.5) is 34.1 Å². The van der Waals surface area contributed by atoms with Crippen molar-refractivity contribution in [3.63, 3.8) is 0 Å². The van der Waals surface area contributed by atoms with Crippen LogP contribution in [0.25, 0.3) is 34.4 Å². The molecule has 8 aromatic carbocycles. The van der Waals surface area contributed by atoms with Crippen molar-refractivity contribution in [2.75, 3.05) is 9.80 Å². The molecule has 0 aromatic heterocycles. The van der Waals surface area contributed by atoms with Crippen LogP contribution >= 0.6 is 0 Å². The number of aryl methyl sites for hydroxylation is 2. The zero-order chi connectivity index (χ0) is 38.9. The quantitative estimate of drug-likeness (QED) is 0.136. The molecule has 0 saturated carbocycles. The first-order chi connectivity index (χ1) is 27.8. The molecule has 0 N–H and O–H groups in total. The summed E-state index contributed by atoms with van der Waals surface area (Å²) in [5, 5.41) is 0. The summed E-state index contributed by atoms with van der Waals surface area (Å²) in [6, 6.07) is 70.4. The van der Waals surface area contributed by atoms with Crippen LogP contribution in [0.5, 0.6) is 0 Å². The van der Waals surface area contributed by atoms with Crippen LogP contribution in [0.1, 0.15) is 47.2 Å². The minimum atomic E-state index is 0.0205. The van der Waals surface area contributed by atoms with Crippen LogP contribution in [-0.2, 0) is 5.41 Å². The molecule has 0 spiro atoms. The van der Waals surface area contributed by atoms with Crippen molar-refractivity contribution in [3.8, 4) is 22.3 Å². The first kappa shape index (κ1) is 35.8. The summed E-state index contributed by atoms with van der Waals surface area (Å²) in [5.41, 5.74) is 19.5. The Labute approximate surface area is 337 Å². The van der Waals surface area contributed by atoms with Gasteiger partial charge in [-0.1, -0.05) is 152 Å². The molecule has 0 amide bonds. The van der Waals surface area contributed by atoms with E-state index in [0.29, 0.717) is 0 Å². The van der Waals surface area contributed by atoms with Crippen molar-refractivity contribution < 1.29 is 0 Å². The van der Waals surface area contributed by atoms with E-state index in [-0.39, 0.29) is 5.41 Å². The molecule has 0 saturated heterocycles.